The first-order chi connectivity index (χ1) is 8.41. The van der Waals surface area contributed by atoms with Crippen molar-refractivity contribution in [3.8, 4) is 0 Å². The molecule has 0 aromatic heterocycles. The number of carbonyl (C=O) groups excluding carboxylic acids is 1. The molecule has 1 aliphatic rings. The van der Waals surface area contributed by atoms with Crippen LogP contribution >= 0.6 is 0 Å². The molecule has 1 saturated heterocycles. The Hall–Kier alpha value is -0.830. The van der Waals surface area contributed by atoms with E-state index in [1.165, 1.54) is 5.57 Å². The van der Waals surface area contributed by atoms with Crippen molar-refractivity contribution >= 4 is 5.91 Å². The Morgan fingerprint density at radius 2 is 2.11 bits per heavy atom. The van der Waals surface area contributed by atoms with E-state index >= 15 is 0 Å². The van der Waals surface area contributed by atoms with E-state index in [9.17, 15) is 4.79 Å². The van der Waals surface area contributed by atoms with Gasteiger partial charge in [-0.2, -0.15) is 0 Å². The second-order valence-corrected chi connectivity index (χ2v) is 5.89. The van der Waals surface area contributed by atoms with Crippen LogP contribution in [0.4, 0.5) is 0 Å². The van der Waals surface area contributed by atoms with Crippen molar-refractivity contribution in [2.75, 3.05) is 6.54 Å². The van der Waals surface area contributed by atoms with E-state index in [-0.39, 0.29) is 11.9 Å². The van der Waals surface area contributed by atoms with Gasteiger partial charge in [-0.15, -0.1) is 0 Å². The summed E-state index contributed by atoms with van der Waals surface area (Å²) in [5, 5.41) is 3.47. The van der Waals surface area contributed by atoms with Gasteiger partial charge in [0.25, 0.3) is 0 Å². The molecule has 0 aromatic carbocycles. The van der Waals surface area contributed by atoms with Crippen LogP contribution in [0.1, 0.15) is 53.9 Å². The van der Waals surface area contributed by atoms with Crippen molar-refractivity contribution in [3.05, 3.63) is 11.6 Å². The fraction of sp³-hybridized carbons (Fsp3) is 0.800. The number of hydrogen-bond donors (Lipinski definition) is 1. The molecule has 0 radical (unpaired) electrons. The van der Waals surface area contributed by atoms with Crippen LogP contribution in [-0.4, -0.2) is 35.5 Å². The second kappa shape index (κ2) is 6.93. The van der Waals surface area contributed by atoms with E-state index in [0.717, 1.165) is 25.8 Å². The Morgan fingerprint density at radius 3 is 2.61 bits per heavy atom. The molecule has 2 atom stereocenters. The highest BCUT2D eigenvalue weighted by molar-refractivity contribution is 5.84. The zero-order valence-electron chi connectivity index (χ0n) is 12.5. The van der Waals surface area contributed by atoms with E-state index < -0.39 is 0 Å². The summed E-state index contributed by atoms with van der Waals surface area (Å²) in [6.45, 7) is 11.5. The van der Waals surface area contributed by atoms with Crippen molar-refractivity contribution in [3.63, 3.8) is 0 Å². The van der Waals surface area contributed by atoms with E-state index in [1.807, 2.05) is 4.90 Å². The number of amides is 1. The molecule has 0 aliphatic carbocycles. The van der Waals surface area contributed by atoms with Crippen molar-refractivity contribution in [2.45, 2.75) is 72.0 Å². The fourth-order valence-corrected chi connectivity index (χ4v) is 2.42. The zero-order chi connectivity index (χ0) is 13.7. The Kier molecular flexibility index (Phi) is 5.86. The predicted molar refractivity (Wildman–Crippen MR) is 76.5 cm³/mol. The van der Waals surface area contributed by atoms with Gasteiger partial charge in [-0.25, -0.2) is 0 Å². The molecule has 1 rings (SSSR count). The predicted octanol–water partition coefficient (Wildman–Crippen LogP) is 2.72. The molecule has 0 aromatic rings. The van der Waals surface area contributed by atoms with Gasteiger partial charge in [0.15, 0.2) is 0 Å². The highest BCUT2D eigenvalue weighted by Crippen LogP contribution is 2.15. The van der Waals surface area contributed by atoms with E-state index in [1.54, 1.807) is 0 Å². The number of carbonyl (C=O) groups is 1. The van der Waals surface area contributed by atoms with Crippen LogP contribution in [0.5, 0.6) is 0 Å². The number of nitrogens with one attached hydrogen (secondary N) is 1. The molecule has 1 fully saturated rings. The lowest BCUT2D eigenvalue weighted by atomic mass is 10.1. The lowest BCUT2D eigenvalue weighted by Gasteiger charge is -2.22. The van der Waals surface area contributed by atoms with E-state index in [4.69, 9.17) is 0 Å². The standard InChI is InChI=1S/C15H28N2O/c1-11(2)7-6-8-13(5)16-14-9-10-17(12(3)4)15(14)18/h7,12-14,16H,6,8-10H2,1-5H3/t13-,14-/m1/s1. The molecule has 0 saturated carbocycles. The van der Waals surface area contributed by atoms with Crippen LogP contribution < -0.4 is 5.32 Å². The van der Waals surface area contributed by atoms with Crippen LogP contribution in [0.3, 0.4) is 0 Å². The molecule has 1 heterocycles. The molecule has 0 unspecified atom stereocenters. The normalized spacial score (nSPS) is 21.6. The van der Waals surface area contributed by atoms with Gasteiger partial charge < -0.3 is 10.2 Å². The smallest absolute Gasteiger partial charge is 0.240 e. The Balaban J connectivity index is 2.35. The van der Waals surface area contributed by atoms with Crippen LogP contribution in [0.25, 0.3) is 0 Å². The number of nitrogens with zero attached hydrogens (tertiary/aromatic N) is 1. The maximum Gasteiger partial charge on any atom is 0.240 e. The summed E-state index contributed by atoms with van der Waals surface area (Å²) in [6, 6.07) is 0.765. The van der Waals surface area contributed by atoms with Gasteiger partial charge in [0, 0.05) is 18.6 Å². The van der Waals surface area contributed by atoms with Gasteiger partial charge >= 0.3 is 0 Å². The van der Waals surface area contributed by atoms with Crippen molar-refractivity contribution in [1.82, 2.24) is 10.2 Å². The summed E-state index contributed by atoms with van der Waals surface area (Å²) in [6.07, 6.45) is 5.39. The van der Waals surface area contributed by atoms with Gasteiger partial charge in [0.1, 0.15) is 0 Å². The Morgan fingerprint density at radius 1 is 1.44 bits per heavy atom. The Bertz CT molecular complexity index is 306. The lowest BCUT2D eigenvalue weighted by molar-refractivity contribution is -0.130. The molecule has 3 heteroatoms. The molecule has 18 heavy (non-hydrogen) atoms. The van der Waals surface area contributed by atoms with Crippen LogP contribution in [0.2, 0.25) is 0 Å². The summed E-state index contributed by atoms with van der Waals surface area (Å²) in [7, 11) is 0. The molecule has 0 spiro atoms. The zero-order valence-corrected chi connectivity index (χ0v) is 12.5. The second-order valence-electron chi connectivity index (χ2n) is 5.89. The highest BCUT2D eigenvalue weighted by Gasteiger charge is 2.33. The van der Waals surface area contributed by atoms with Crippen LogP contribution in [0.15, 0.2) is 11.6 Å². The first-order valence-electron chi connectivity index (χ1n) is 7.11. The quantitative estimate of drug-likeness (QED) is 0.737. The van der Waals surface area contributed by atoms with Gasteiger partial charge in [-0.1, -0.05) is 11.6 Å². The van der Waals surface area contributed by atoms with Gasteiger partial charge in [0.2, 0.25) is 5.91 Å². The average molecular weight is 252 g/mol. The minimum Gasteiger partial charge on any atom is -0.339 e. The minimum atomic E-state index is 0.0362. The third-order valence-electron chi connectivity index (χ3n) is 3.50. The van der Waals surface area contributed by atoms with E-state index in [2.05, 4.69) is 46.0 Å². The maximum absolute atomic E-state index is 12.1. The molecule has 104 valence electrons. The number of hydrogen-bond acceptors (Lipinski definition) is 2. The fourth-order valence-electron chi connectivity index (χ4n) is 2.42. The van der Waals surface area contributed by atoms with Crippen LogP contribution in [0, 0.1) is 0 Å². The third kappa shape index (κ3) is 4.45. The number of likely N-dealkylation sites (tertiary alicyclic amines) is 1. The Labute approximate surface area is 112 Å². The monoisotopic (exact) mass is 252 g/mol. The third-order valence-corrected chi connectivity index (χ3v) is 3.50. The molecule has 1 aliphatic heterocycles. The van der Waals surface area contributed by atoms with Crippen molar-refractivity contribution < 1.29 is 4.79 Å². The van der Waals surface area contributed by atoms with Crippen molar-refractivity contribution in [1.29, 1.82) is 0 Å². The highest BCUT2D eigenvalue weighted by atomic mass is 16.2. The minimum absolute atomic E-state index is 0.0362. The molecular formula is C15H28N2O. The molecule has 0 bridgehead atoms. The summed E-state index contributed by atoms with van der Waals surface area (Å²) < 4.78 is 0. The summed E-state index contributed by atoms with van der Waals surface area (Å²) >= 11 is 0. The molecule has 1 N–H and O–H groups in total. The topological polar surface area (TPSA) is 32.3 Å². The molecular weight excluding hydrogens is 224 g/mol. The summed E-state index contributed by atoms with van der Waals surface area (Å²) in [5.74, 6) is 0.277. The van der Waals surface area contributed by atoms with Gasteiger partial charge in [-0.3, -0.25) is 4.79 Å². The number of rotatable bonds is 6. The largest absolute Gasteiger partial charge is 0.339 e. The number of allylic oxidation sites excluding steroid dienone is 2. The van der Waals surface area contributed by atoms with Crippen molar-refractivity contribution in [2.24, 2.45) is 0 Å². The first-order valence-corrected chi connectivity index (χ1v) is 7.11. The lowest BCUT2D eigenvalue weighted by Crippen LogP contribution is -2.44. The van der Waals surface area contributed by atoms with Gasteiger partial charge in [0.05, 0.1) is 6.04 Å². The maximum atomic E-state index is 12.1. The molecule has 3 nitrogen and oxygen atoms in total. The SMILES string of the molecule is CC(C)=CCC[C@@H](C)N[C@@H]1CCN(C(C)C)C1=O. The average Bonchev–Trinajstić information content (AvgIpc) is 2.60. The summed E-state index contributed by atoms with van der Waals surface area (Å²) in [5.41, 5.74) is 1.37. The van der Waals surface area contributed by atoms with E-state index in [0.29, 0.717) is 12.1 Å². The van der Waals surface area contributed by atoms with Crippen LogP contribution in [-0.2, 0) is 4.79 Å². The summed E-state index contributed by atoms with van der Waals surface area (Å²) in [4.78, 5) is 14.1. The first kappa shape index (κ1) is 15.2. The van der Waals surface area contributed by atoms with Gasteiger partial charge in [-0.05, 0) is 53.9 Å². The molecule has 1 amide bonds.